The first-order valence-corrected chi connectivity index (χ1v) is 3.62. The molecule has 0 radical (unpaired) electrons. The molecule has 2 aromatic rings. The van der Waals surface area contributed by atoms with Crippen LogP contribution in [0.2, 0.25) is 0 Å². The number of hydrogen-bond acceptors (Lipinski definition) is 4. The molecule has 0 aliphatic heterocycles. The van der Waals surface area contributed by atoms with Crippen LogP contribution in [0.15, 0.2) is 28.7 Å². The third-order valence-corrected chi connectivity index (χ3v) is 1.27. The Kier molecular flexibility index (Phi) is 3.04. The molecule has 2 heterocycles. The molecule has 4 nitrogen and oxygen atoms in total. The van der Waals surface area contributed by atoms with Crippen molar-refractivity contribution < 1.29 is 9.52 Å². The molecule has 0 aromatic carbocycles. The highest BCUT2D eigenvalue weighted by Gasteiger charge is 1.91. The van der Waals surface area contributed by atoms with Crippen LogP contribution in [0.1, 0.15) is 0 Å². The van der Waals surface area contributed by atoms with E-state index in [1.807, 2.05) is 24.3 Å². The molecule has 0 amide bonds. The zero-order valence-corrected chi connectivity index (χ0v) is 6.60. The lowest BCUT2D eigenvalue weighted by Crippen LogP contribution is -2.33. The number of aliphatic hydroxyl groups is 1. The van der Waals surface area contributed by atoms with Crippen LogP contribution >= 0.6 is 0 Å². The number of nitrogens with two attached hydrogens (primary N) is 2. The molecule has 2 rings (SSSR count). The molecule has 5 N–H and O–H groups in total. The predicted octanol–water partition coefficient (Wildman–Crippen LogP) is 0.0928. The monoisotopic (exact) mass is 168 g/mol. The van der Waals surface area contributed by atoms with Crippen molar-refractivity contribution in [1.29, 1.82) is 0 Å². The van der Waals surface area contributed by atoms with Crippen LogP contribution in [-0.4, -0.2) is 17.9 Å². The minimum atomic E-state index is -0.560. The maximum absolute atomic E-state index is 7.89. The second-order valence-corrected chi connectivity index (χ2v) is 2.42. The Morgan fingerprint density at radius 1 is 1.17 bits per heavy atom. The lowest BCUT2D eigenvalue weighted by molar-refractivity contribution is 0.268. The number of aliphatic hydroxyl groups excluding tert-OH is 1. The third kappa shape index (κ3) is 2.50. The van der Waals surface area contributed by atoms with Crippen LogP contribution in [0.3, 0.4) is 0 Å². The SMILES string of the molecule is NC(N)CO.c1cc2ccc1o2. The van der Waals surface area contributed by atoms with Crippen molar-refractivity contribution in [3.8, 4) is 0 Å². The van der Waals surface area contributed by atoms with Gasteiger partial charge in [0.05, 0.1) is 12.8 Å². The van der Waals surface area contributed by atoms with Crippen LogP contribution < -0.4 is 11.5 Å². The molecule has 0 aliphatic carbocycles. The lowest BCUT2D eigenvalue weighted by Gasteiger charge is -1.92. The fraction of sp³-hybridized carbons (Fsp3) is 0.250. The van der Waals surface area contributed by atoms with Gasteiger partial charge in [-0.15, -0.1) is 0 Å². The van der Waals surface area contributed by atoms with Gasteiger partial charge in [-0.2, -0.15) is 0 Å². The highest BCUT2D eigenvalue weighted by atomic mass is 16.3. The quantitative estimate of drug-likeness (QED) is 0.527. The summed E-state index contributed by atoms with van der Waals surface area (Å²) in [6.07, 6.45) is -0.560. The van der Waals surface area contributed by atoms with Crippen LogP contribution in [-0.2, 0) is 0 Å². The van der Waals surface area contributed by atoms with Crippen molar-refractivity contribution in [2.75, 3.05) is 6.61 Å². The summed E-state index contributed by atoms with van der Waals surface area (Å²) in [5, 5.41) is 7.89. The Bertz CT molecular complexity index is 260. The summed E-state index contributed by atoms with van der Waals surface area (Å²) in [5.74, 6) is 0. The van der Waals surface area contributed by atoms with Gasteiger partial charge in [0.25, 0.3) is 0 Å². The Balaban J connectivity index is 0.000000130. The molecule has 0 atom stereocenters. The van der Waals surface area contributed by atoms with Gasteiger partial charge < -0.3 is 21.0 Å². The van der Waals surface area contributed by atoms with E-state index in [0.717, 1.165) is 11.2 Å². The molecule has 12 heavy (non-hydrogen) atoms. The average Bonchev–Trinajstić information content (AvgIpc) is 2.67. The minimum absolute atomic E-state index is 0.139. The maximum atomic E-state index is 7.89. The van der Waals surface area contributed by atoms with Gasteiger partial charge in [0, 0.05) is 0 Å². The minimum Gasteiger partial charge on any atom is -0.457 e. The molecular formula is C8H12N2O2. The molecular weight excluding hydrogens is 156 g/mol. The molecule has 0 fully saturated rings. The van der Waals surface area contributed by atoms with Gasteiger partial charge in [-0.3, -0.25) is 0 Å². The summed E-state index contributed by atoms with van der Waals surface area (Å²) < 4.78 is 5.08. The normalized spacial score (nSPS) is 10.3. The Morgan fingerprint density at radius 3 is 1.58 bits per heavy atom. The lowest BCUT2D eigenvalue weighted by atomic mass is 10.4. The van der Waals surface area contributed by atoms with Gasteiger partial charge >= 0.3 is 0 Å². The Labute approximate surface area is 70.1 Å². The van der Waals surface area contributed by atoms with E-state index in [-0.39, 0.29) is 6.61 Å². The summed E-state index contributed by atoms with van der Waals surface area (Å²) >= 11 is 0. The fourth-order valence-corrected chi connectivity index (χ4v) is 0.712. The van der Waals surface area contributed by atoms with E-state index in [0.29, 0.717) is 0 Å². The first-order chi connectivity index (χ1) is 5.72. The van der Waals surface area contributed by atoms with Crippen LogP contribution in [0, 0.1) is 0 Å². The molecule has 0 spiro atoms. The summed E-state index contributed by atoms with van der Waals surface area (Å²) in [6, 6.07) is 7.81. The fourth-order valence-electron chi connectivity index (χ4n) is 0.712. The average molecular weight is 168 g/mol. The zero-order valence-electron chi connectivity index (χ0n) is 6.60. The van der Waals surface area contributed by atoms with Crippen LogP contribution in [0.4, 0.5) is 0 Å². The predicted molar refractivity (Wildman–Crippen MR) is 46.6 cm³/mol. The highest BCUT2D eigenvalue weighted by molar-refractivity contribution is 5.59. The molecule has 2 aromatic heterocycles. The van der Waals surface area contributed by atoms with Crippen molar-refractivity contribution in [2.24, 2.45) is 11.5 Å². The van der Waals surface area contributed by atoms with Gasteiger partial charge in [0.15, 0.2) is 0 Å². The van der Waals surface area contributed by atoms with E-state index in [9.17, 15) is 0 Å². The third-order valence-electron chi connectivity index (χ3n) is 1.27. The van der Waals surface area contributed by atoms with Crippen molar-refractivity contribution in [2.45, 2.75) is 6.17 Å². The van der Waals surface area contributed by atoms with E-state index < -0.39 is 6.17 Å². The number of rotatable bonds is 1. The second kappa shape index (κ2) is 4.06. The molecule has 0 saturated heterocycles. The van der Waals surface area contributed by atoms with Gasteiger partial charge in [-0.25, -0.2) is 0 Å². The first kappa shape index (κ1) is 8.99. The number of hydrogen-bond donors (Lipinski definition) is 3. The van der Waals surface area contributed by atoms with E-state index in [1.54, 1.807) is 0 Å². The van der Waals surface area contributed by atoms with Crippen LogP contribution in [0.25, 0.3) is 11.2 Å². The van der Waals surface area contributed by atoms with Gasteiger partial charge in [-0.1, -0.05) is 0 Å². The maximum Gasteiger partial charge on any atom is 0.127 e. The molecule has 66 valence electrons. The van der Waals surface area contributed by atoms with Crippen molar-refractivity contribution in [3.05, 3.63) is 24.3 Å². The smallest absolute Gasteiger partial charge is 0.127 e. The van der Waals surface area contributed by atoms with Gasteiger partial charge in [0.1, 0.15) is 11.2 Å². The standard InChI is InChI=1S/C6H4O.C2H8N2O/c1-2-6-4-3-5(1)7-6;3-2(4)1-5/h1-4H;2,5H,1,3-4H2. The molecule has 0 aliphatic rings. The van der Waals surface area contributed by atoms with Crippen molar-refractivity contribution in [1.82, 2.24) is 0 Å². The Morgan fingerprint density at radius 2 is 1.50 bits per heavy atom. The van der Waals surface area contributed by atoms with Gasteiger partial charge in [0.2, 0.25) is 0 Å². The van der Waals surface area contributed by atoms with Crippen LogP contribution in [0.5, 0.6) is 0 Å². The number of benzene rings is 1. The van der Waals surface area contributed by atoms with E-state index >= 15 is 0 Å². The molecule has 4 heteroatoms. The Hall–Kier alpha value is -1.10. The van der Waals surface area contributed by atoms with E-state index in [2.05, 4.69) is 0 Å². The van der Waals surface area contributed by atoms with Crippen molar-refractivity contribution in [3.63, 3.8) is 0 Å². The summed E-state index contributed by atoms with van der Waals surface area (Å²) in [6.45, 7) is -0.139. The topological polar surface area (TPSA) is 85.4 Å². The highest BCUT2D eigenvalue weighted by Crippen LogP contribution is 2.13. The number of furan rings is 2. The summed E-state index contributed by atoms with van der Waals surface area (Å²) in [5.41, 5.74) is 11.6. The largest absolute Gasteiger partial charge is 0.457 e. The molecule has 0 saturated carbocycles. The van der Waals surface area contributed by atoms with Crippen molar-refractivity contribution >= 4 is 11.2 Å². The molecule has 2 bridgehead atoms. The number of fused-ring (bicyclic) bond motifs is 2. The molecule has 0 unspecified atom stereocenters. The van der Waals surface area contributed by atoms with E-state index in [1.165, 1.54) is 0 Å². The summed E-state index contributed by atoms with van der Waals surface area (Å²) in [4.78, 5) is 0. The first-order valence-electron chi connectivity index (χ1n) is 3.62. The van der Waals surface area contributed by atoms with E-state index in [4.69, 9.17) is 21.0 Å². The summed E-state index contributed by atoms with van der Waals surface area (Å²) in [7, 11) is 0. The second-order valence-electron chi connectivity index (χ2n) is 2.42. The van der Waals surface area contributed by atoms with Gasteiger partial charge in [-0.05, 0) is 24.3 Å². The zero-order chi connectivity index (χ0) is 8.97.